The van der Waals surface area contributed by atoms with Crippen molar-refractivity contribution in [2.45, 2.75) is 44.5 Å². The van der Waals surface area contributed by atoms with Gasteiger partial charge in [-0.15, -0.1) is 0 Å². The number of hydrogen-bond donors (Lipinski definition) is 1. The molecule has 136 valence electrons. The van der Waals surface area contributed by atoms with Crippen molar-refractivity contribution in [3.8, 4) is 0 Å². The summed E-state index contributed by atoms with van der Waals surface area (Å²) in [5.41, 5.74) is 1.36. The molecule has 2 aromatic rings. The summed E-state index contributed by atoms with van der Waals surface area (Å²) < 4.78 is 34.7. The molecule has 0 aliphatic heterocycles. The number of hydrogen-bond acceptors (Lipinski definition) is 4. The molecule has 0 spiro atoms. The summed E-state index contributed by atoms with van der Waals surface area (Å²) in [6.07, 6.45) is -0.189. The highest BCUT2D eigenvalue weighted by Crippen LogP contribution is 2.24. The van der Waals surface area contributed by atoms with Gasteiger partial charge in [0.15, 0.2) is 8.32 Å². The van der Waals surface area contributed by atoms with E-state index < -0.39 is 18.3 Å². The van der Waals surface area contributed by atoms with E-state index in [1.165, 1.54) is 0 Å². The van der Waals surface area contributed by atoms with Gasteiger partial charge < -0.3 is 4.43 Å². The third-order valence-electron chi connectivity index (χ3n) is 3.38. The molecule has 1 aromatic heterocycles. The smallest absolute Gasteiger partial charge is 0.263 e. The molecule has 0 bridgehead atoms. The molecule has 2 rings (SSSR count). The Balaban J connectivity index is 2.27. The lowest BCUT2D eigenvalue weighted by Gasteiger charge is -2.23. The van der Waals surface area contributed by atoms with Crippen LogP contribution in [-0.4, -0.2) is 21.7 Å². The Kier molecular flexibility index (Phi) is 6.08. The molecule has 0 radical (unpaired) electrons. The third kappa shape index (κ3) is 5.63. The highest BCUT2D eigenvalue weighted by atomic mass is 79.9. The van der Waals surface area contributed by atoms with Gasteiger partial charge in [0.1, 0.15) is 5.82 Å². The summed E-state index contributed by atoms with van der Waals surface area (Å²) in [6, 6.07) is 10.3. The molecule has 1 N–H and O–H groups in total. The van der Waals surface area contributed by atoms with Gasteiger partial charge in [-0.2, -0.15) is 0 Å². The van der Waals surface area contributed by atoms with Crippen LogP contribution in [0.4, 0.5) is 5.82 Å². The number of benzene rings is 1. The first kappa shape index (κ1) is 20.1. The lowest BCUT2D eigenvalue weighted by molar-refractivity contribution is 0.214. The van der Waals surface area contributed by atoms with Crippen molar-refractivity contribution in [3.05, 3.63) is 52.1 Å². The van der Waals surface area contributed by atoms with E-state index in [1.54, 1.807) is 37.3 Å². The summed E-state index contributed by atoms with van der Waals surface area (Å²) in [5.74, 6) is 0.283. The maximum Gasteiger partial charge on any atom is 0.263 e. The number of anilines is 1. The minimum atomic E-state index is -3.70. The third-order valence-corrected chi connectivity index (χ3v) is 6.45. The van der Waals surface area contributed by atoms with E-state index in [9.17, 15) is 8.42 Å². The van der Waals surface area contributed by atoms with Crippen LogP contribution in [0.15, 0.2) is 45.8 Å². The molecule has 0 aliphatic carbocycles. The molecule has 25 heavy (non-hydrogen) atoms. The van der Waals surface area contributed by atoms with Gasteiger partial charge in [0.05, 0.1) is 16.7 Å². The van der Waals surface area contributed by atoms with Crippen molar-refractivity contribution in [3.63, 3.8) is 0 Å². The van der Waals surface area contributed by atoms with Gasteiger partial charge in [0.2, 0.25) is 0 Å². The normalized spacial score (nSPS) is 13.5. The molecule has 8 heteroatoms. The van der Waals surface area contributed by atoms with Gasteiger partial charge in [-0.05, 0) is 69.4 Å². The Bertz CT molecular complexity index is 866. The number of sulfonamides is 1. The zero-order valence-electron chi connectivity index (χ0n) is 15.0. The van der Waals surface area contributed by atoms with Crippen molar-refractivity contribution in [1.29, 1.82) is 0 Å². The molecule has 0 fully saturated rings. The maximum atomic E-state index is 12.7. The largest absolute Gasteiger partial charge is 0.409 e. The fourth-order valence-corrected chi connectivity index (χ4v) is 5.32. The Morgan fingerprint density at radius 3 is 2.48 bits per heavy atom. The van der Waals surface area contributed by atoms with Gasteiger partial charge >= 0.3 is 0 Å². The first-order valence-corrected chi connectivity index (χ1v) is 13.6. The fourth-order valence-electron chi connectivity index (χ4n) is 2.43. The molecule has 0 saturated heterocycles. The number of aryl methyl sites for hydroxylation is 1. The minimum Gasteiger partial charge on any atom is -0.409 e. The van der Waals surface area contributed by atoms with Gasteiger partial charge in [-0.1, -0.05) is 22.0 Å². The molecule has 0 amide bonds. The first-order chi connectivity index (χ1) is 11.5. The van der Waals surface area contributed by atoms with E-state index in [4.69, 9.17) is 4.43 Å². The topological polar surface area (TPSA) is 68.3 Å². The lowest BCUT2D eigenvalue weighted by Crippen LogP contribution is -2.27. The monoisotopic (exact) mass is 442 g/mol. The number of aromatic nitrogens is 1. The Labute approximate surface area is 159 Å². The van der Waals surface area contributed by atoms with Crippen molar-refractivity contribution in [2.24, 2.45) is 0 Å². The van der Waals surface area contributed by atoms with Crippen LogP contribution in [0.25, 0.3) is 0 Å². The van der Waals surface area contributed by atoms with Gasteiger partial charge in [0.25, 0.3) is 10.0 Å². The Hall–Kier alpha value is -1.22. The molecule has 0 aliphatic rings. The van der Waals surface area contributed by atoms with E-state index >= 15 is 0 Å². The first-order valence-electron chi connectivity index (χ1n) is 7.92. The Morgan fingerprint density at radius 2 is 1.88 bits per heavy atom. The zero-order chi connectivity index (χ0) is 18.8. The average Bonchev–Trinajstić information content (AvgIpc) is 2.44. The number of halogens is 1. The van der Waals surface area contributed by atoms with Crippen LogP contribution >= 0.6 is 15.9 Å². The van der Waals surface area contributed by atoms with Crippen LogP contribution in [0, 0.1) is 6.92 Å². The number of rotatable bonds is 6. The summed E-state index contributed by atoms with van der Waals surface area (Å²) >= 11 is 3.34. The molecular weight excluding hydrogens is 420 g/mol. The van der Waals surface area contributed by atoms with E-state index in [0.29, 0.717) is 11.3 Å². The Morgan fingerprint density at radius 1 is 1.20 bits per heavy atom. The van der Waals surface area contributed by atoms with Crippen LogP contribution < -0.4 is 4.72 Å². The summed E-state index contributed by atoms with van der Waals surface area (Å²) in [4.78, 5) is 4.64. The highest BCUT2D eigenvalue weighted by molar-refractivity contribution is 9.10. The van der Waals surface area contributed by atoms with E-state index in [1.807, 2.05) is 13.0 Å². The van der Waals surface area contributed by atoms with Crippen LogP contribution in [0.2, 0.25) is 19.6 Å². The molecular formula is C17H23BrN2O3SSi. The maximum absolute atomic E-state index is 12.7. The van der Waals surface area contributed by atoms with Crippen molar-refractivity contribution in [1.82, 2.24) is 4.98 Å². The van der Waals surface area contributed by atoms with Crippen LogP contribution in [0.3, 0.4) is 0 Å². The average molecular weight is 443 g/mol. The molecule has 1 atom stereocenters. The second kappa shape index (κ2) is 7.57. The predicted molar refractivity (Wildman–Crippen MR) is 107 cm³/mol. The van der Waals surface area contributed by atoms with E-state index in [0.717, 1.165) is 4.47 Å². The van der Waals surface area contributed by atoms with Gasteiger partial charge in [-0.3, -0.25) is 4.72 Å². The molecule has 1 aromatic carbocycles. The molecule has 0 saturated carbocycles. The van der Waals surface area contributed by atoms with E-state index in [-0.39, 0.29) is 16.8 Å². The van der Waals surface area contributed by atoms with Crippen LogP contribution in [0.1, 0.15) is 24.3 Å². The SMILES string of the molecule is Cc1cc(Br)ccc1S(=O)(=O)Nc1cccc(C(C)O[Si](C)(C)C)n1. The summed E-state index contributed by atoms with van der Waals surface area (Å²) in [6.45, 7) is 10.00. The molecule has 1 heterocycles. The standard InChI is InChI=1S/C17H23BrN2O3SSi/c1-12-11-14(18)9-10-16(12)24(21,22)20-17-8-6-7-15(19-17)13(2)23-25(3,4)5/h6-11,13H,1-5H3,(H,19,20). The zero-order valence-corrected chi connectivity index (χ0v) is 18.4. The fraction of sp³-hybridized carbons (Fsp3) is 0.353. The molecule has 1 unspecified atom stereocenters. The summed E-state index contributed by atoms with van der Waals surface area (Å²) in [5, 5.41) is 0. The summed E-state index contributed by atoms with van der Waals surface area (Å²) in [7, 11) is -5.42. The second-order valence-electron chi connectivity index (χ2n) is 6.84. The molecule has 5 nitrogen and oxygen atoms in total. The quantitative estimate of drug-likeness (QED) is 0.647. The lowest BCUT2D eigenvalue weighted by atomic mass is 10.2. The number of pyridine rings is 1. The van der Waals surface area contributed by atoms with Crippen molar-refractivity contribution >= 4 is 40.1 Å². The van der Waals surface area contributed by atoms with Gasteiger partial charge in [0, 0.05) is 4.47 Å². The van der Waals surface area contributed by atoms with Crippen molar-refractivity contribution in [2.75, 3.05) is 4.72 Å². The highest BCUT2D eigenvalue weighted by Gasteiger charge is 2.21. The number of nitrogens with one attached hydrogen (secondary N) is 1. The second-order valence-corrected chi connectivity index (χ2v) is 13.9. The van der Waals surface area contributed by atoms with Crippen LogP contribution in [0.5, 0.6) is 0 Å². The van der Waals surface area contributed by atoms with E-state index in [2.05, 4.69) is 45.3 Å². The van der Waals surface area contributed by atoms with Crippen molar-refractivity contribution < 1.29 is 12.8 Å². The predicted octanol–water partition coefficient (Wildman–Crippen LogP) is 4.87. The minimum absolute atomic E-state index is 0.189. The number of nitrogens with zero attached hydrogens (tertiary/aromatic N) is 1. The van der Waals surface area contributed by atoms with Crippen LogP contribution in [-0.2, 0) is 14.4 Å². The van der Waals surface area contributed by atoms with Gasteiger partial charge in [-0.25, -0.2) is 13.4 Å².